The molecular formula is C28H32BrN3O4S. The van der Waals surface area contributed by atoms with Gasteiger partial charge in [-0.05, 0) is 62.2 Å². The van der Waals surface area contributed by atoms with E-state index in [1.54, 1.807) is 49.4 Å². The van der Waals surface area contributed by atoms with E-state index >= 15 is 0 Å². The van der Waals surface area contributed by atoms with E-state index in [1.165, 1.54) is 17.0 Å². The standard InChI is InChI=1S/C28H32BrN3O4S/c1-4-18-30-28(34)22(3)31(19-23-12-14-24(29)15-13-23)27(33)20-32(25-16-10-21(2)11-17-25)37(35,36)26-8-6-5-7-9-26/h5-17,22H,4,18-20H2,1-3H3,(H,30,34). The maximum atomic E-state index is 13.8. The highest BCUT2D eigenvalue weighted by atomic mass is 79.9. The van der Waals surface area contributed by atoms with Crippen LogP contribution in [0, 0.1) is 6.92 Å². The average molecular weight is 587 g/mol. The summed E-state index contributed by atoms with van der Waals surface area (Å²) in [5, 5.41) is 2.84. The van der Waals surface area contributed by atoms with Gasteiger partial charge in [0.25, 0.3) is 10.0 Å². The second-order valence-electron chi connectivity index (χ2n) is 8.78. The number of sulfonamides is 1. The SMILES string of the molecule is CCCNC(=O)C(C)N(Cc1ccc(Br)cc1)C(=O)CN(c1ccc(C)cc1)S(=O)(=O)c1ccccc1. The summed E-state index contributed by atoms with van der Waals surface area (Å²) in [7, 11) is -4.06. The third kappa shape index (κ3) is 7.42. The van der Waals surface area contributed by atoms with Gasteiger partial charge in [0, 0.05) is 17.6 Å². The third-order valence-corrected chi connectivity index (χ3v) is 8.23. The van der Waals surface area contributed by atoms with Gasteiger partial charge in [-0.15, -0.1) is 0 Å². The maximum absolute atomic E-state index is 13.8. The molecule has 0 aliphatic rings. The van der Waals surface area contributed by atoms with Crippen LogP contribution >= 0.6 is 15.9 Å². The van der Waals surface area contributed by atoms with Crippen molar-refractivity contribution in [1.29, 1.82) is 0 Å². The number of halogens is 1. The number of nitrogens with zero attached hydrogens (tertiary/aromatic N) is 2. The summed E-state index contributed by atoms with van der Waals surface area (Å²) in [6.45, 7) is 5.69. The number of hydrogen-bond donors (Lipinski definition) is 1. The molecule has 0 fully saturated rings. The van der Waals surface area contributed by atoms with Crippen molar-refractivity contribution in [2.24, 2.45) is 0 Å². The Kier molecular flexibility index (Phi) is 9.88. The fourth-order valence-corrected chi connectivity index (χ4v) is 5.42. The molecule has 3 rings (SSSR count). The highest BCUT2D eigenvalue weighted by molar-refractivity contribution is 9.10. The summed E-state index contributed by atoms with van der Waals surface area (Å²) in [6, 6.07) is 21.6. The van der Waals surface area contributed by atoms with Crippen LogP contribution in [-0.4, -0.2) is 44.3 Å². The number of carbonyl (C=O) groups is 2. The fourth-order valence-electron chi connectivity index (χ4n) is 3.72. The molecule has 196 valence electrons. The van der Waals surface area contributed by atoms with Gasteiger partial charge in [-0.1, -0.05) is 70.9 Å². The molecule has 3 aromatic carbocycles. The zero-order chi connectivity index (χ0) is 27.0. The summed E-state index contributed by atoms with van der Waals surface area (Å²) in [4.78, 5) is 28.2. The van der Waals surface area contributed by atoms with Gasteiger partial charge in [-0.2, -0.15) is 0 Å². The maximum Gasteiger partial charge on any atom is 0.264 e. The van der Waals surface area contributed by atoms with Crippen molar-refractivity contribution in [2.45, 2.75) is 44.7 Å². The highest BCUT2D eigenvalue weighted by Gasteiger charge is 2.32. The predicted molar refractivity (Wildman–Crippen MR) is 150 cm³/mol. The number of amides is 2. The van der Waals surface area contributed by atoms with Gasteiger partial charge in [0.1, 0.15) is 12.6 Å². The number of aryl methyl sites for hydroxylation is 1. The minimum atomic E-state index is -4.06. The molecule has 1 N–H and O–H groups in total. The Morgan fingerprint density at radius 2 is 1.57 bits per heavy atom. The van der Waals surface area contributed by atoms with E-state index in [2.05, 4.69) is 21.2 Å². The lowest BCUT2D eigenvalue weighted by molar-refractivity contribution is -0.139. The molecule has 0 heterocycles. The smallest absolute Gasteiger partial charge is 0.264 e. The van der Waals surface area contributed by atoms with Crippen LogP contribution in [0.1, 0.15) is 31.4 Å². The summed E-state index contributed by atoms with van der Waals surface area (Å²) in [6.07, 6.45) is 0.760. The van der Waals surface area contributed by atoms with E-state index in [4.69, 9.17) is 0 Å². The first kappa shape index (κ1) is 28.4. The minimum Gasteiger partial charge on any atom is -0.354 e. The Balaban J connectivity index is 1.99. The van der Waals surface area contributed by atoms with Gasteiger partial charge in [-0.25, -0.2) is 8.42 Å². The van der Waals surface area contributed by atoms with Crippen LogP contribution in [0.5, 0.6) is 0 Å². The van der Waals surface area contributed by atoms with Crippen LogP contribution in [0.25, 0.3) is 0 Å². The van der Waals surface area contributed by atoms with Crippen molar-refractivity contribution in [1.82, 2.24) is 10.2 Å². The second-order valence-corrected chi connectivity index (χ2v) is 11.6. The molecule has 0 saturated carbocycles. The molecule has 0 radical (unpaired) electrons. The van der Waals surface area contributed by atoms with Crippen molar-refractivity contribution in [3.63, 3.8) is 0 Å². The number of carbonyl (C=O) groups excluding carboxylic acids is 2. The molecule has 1 unspecified atom stereocenters. The quantitative estimate of drug-likeness (QED) is 0.347. The monoisotopic (exact) mass is 585 g/mol. The molecule has 37 heavy (non-hydrogen) atoms. The summed E-state index contributed by atoms with van der Waals surface area (Å²) >= 11 is 3.41. The Labute approximate surface area is 227 Å². The molecule has 3 aromatic rings. The van der Waals surface area contributed by atoms with Crippen LogP contribution < -0.4 is 9.62 Å². The van der Waals surface area contributed by atoms with Crippen molar-refractivity contribution in [3.8, 4) is 0 Å². The van der Waals surface area contributed by atoms with Crippen molar-refractivity contribution in [3.05, 3.63) is 94.5 Å². The summed E-state index contributed by atoms with van der Waals surface area (Å²) in [5.41, 5.74) is 2.15. The van der Waals surface area contributed by atoms with Crippen LogP contribution in [-0.2, 0) is 26.2 Å². The first-order valence-electron chi connectivity index (χ1n) is 12.1. The molecule has 9 heteroatoms. The topological polar surface area (TPSA) is 86.8 Å². The second kappa shape index (κ2) is 12.9. The molecule has 0 spiro atoms. The van der Waals surface area contributed by atoms with E-state index in [1.807, 2.05) is 38.1 Å². The molecular weight excluding hydrogens is 554 g/mol. The van der Waals surface area contributed by atoms with Crippen LogP contribution in [0.4, 0.5) is 5.69 Å². The van der Waals surface area contributed by atoms with Gasteiger partial charge < -0.3 is 10.2 Å². The molecule has 2 amide bonds. The lowest BCUT2D eigenvalue weighted by Gasteiger charge is -2.32. The number of benzene rings is 3. The molecule has 0 aliphatic carbocycles. The highest BCUT2D eigenvalue weighted by Crippen LogP contribution is 2.25. The van der Waals surface area contributed by atoms with E-state index in [0.717, 1.165) is 26.3 Å². The number of nitrogens with one attached hydrogen (secondary N) is 1. The molecule has 0 aromatic heterocycles. The zero-order valence-electron chi connectivity index (χ0n) is 21.2. The van der Waals surface area contributed by atoms with Gasteiger partial charge in [0.05, 0.1) is 10.6 Å². The third-order valence-electron chi connectivity index (χ3n) is 5.91. The minimum absolute atomic E-state index is 0.0802. The zero-order valence-corrected chi connectivity index (χ0v) is 23.6. The largest absolute Gasteiger partial charge is 0.354 e. The summed E-state index contributed by atoms with van der Waals surface area (Å²) < 4.78 is 29.4. The Morgan fingerprint density at radius 3 is 2.16 bits per heavy atom. The number of anilines is 1. The first-order valence-corrected chi connectivity index (χ1v) is 14.3. The molecule has 0 bridgehead atoms. The van der Waals surface area contributed by atoms with E-state index in [-0.39, 0.29) is 17.3 Å². The van der Waals surface area contributed by atoms with Crippen LogP contribution in [0.3, 0.4) is 0 Å². The Bertz CT molecular complexity index is 1300. The van der Waals surface area contributed by atoms with Gasteiger partial charge in [0.15, 0.2) is 0 Å². The molecule has 7 nitrogen and oxygen atoms in total. The lowest BCUT2D eigenvalue weighted by atomic mass is 10.1. The van der Waals surface area contributed by atoms with Crippen molar-refractivity contribution < 1.29 is 18.0 Å². The molecule has 1 atom stereocenters. The van der Waals surface area contributed by atoms with Crippen LogP contribution in [0.2, 0.25) is 0 Å². The predicted octanol–water partition coefficient (Wildman–Crippen LogP) is 4.90. The normalized spacial score (nSPS) is 12.0. The summed E-state index contributed by atoms with van der Waals surface area (Å²) in [5.74, 6) is -0.776. The Morgan fingerprint density at radius 1 is 0.946 bits per heavy atom. The first-order chi connectivity index (χ1) is 17.6. The lowest BCUT2D eigenvalue weighted by Crippen LogP contribution is -2.51. The van der Waals surface area contributed by atoms with Crippen molar-refractivity contribution >= 4 is 43.5 Å². The molecule has 0 aliphatic heterocycles. The Hall–Kier alpha value is -3.17. The van der Waals surface area contributed by atoms with Crippen LogP contribution in [0.15, 0.2) is 88.2 Å². The van der Waals surface area contributed by atoms with Crippen molar-refractivity contribution in [2.75, 3.05) is 17.4 Å². The van der Waals surface area contributed by atoms with E-state index in [0.29, 0.717) is 12.2 Å². The van der Waals surface area contributed by atoms with E-state index < -0.39 is 28.5 Å². The number of hydrogen-bond acceptors (Lipinski definition) is 4. The van der Waals surface area contributed by atoms with E-state index in [9.17, 15) is 18.0 Å². The molecule has 0 saturated heterocycles. The van der Waals surface area contributed by atoms with Gasteiger partial charge >= 0.3 is 0 Å². The average Bonchev–Trinajstić information content (AvgIpc) is 2.90. The van der Waals surface area contributed by atoms with Gasteiger partial charge in [0.2, 0.25) is 11.8 Å². The number of rotatable bonds is 11. The fraction of sp³-hybridized carbons (Fsp3) is 0.286. The van der Waals surface area contributed by atoms with Gasteiger partial charge in [-0.3, -0.25) is 13.9 Å².